The van der Waals surface area contributed by atoms with E-state index in [0.29, 0.717) is 12.8 Å². The summed E-state index contributed by atoms with van der Waals surface area (Å²) in [5.41, 5.74) is 5.24. The molecule has 0 bridgehead atoms. The largest absolute Gasteiger partial charge is 0.480 e. The predicted molar refractivity (Wildman–Crippen MR) is 157 cm³/mol. The van der Waals surface area contributed by atoms with Gasteiger partial charge in [-0.3, -0.25) is 23.4 Å². The van der Waals surface area contributed by atoms with Crippen molar-refractivity contribution in [2.45, 2.75) is 83.8 Å². The SMILES string of the molecule is CC/C=C\C/C=C\C/C=C\C/C=C\C/C=C\CC(=O)OC(COC(=O)CCCC)COP(=O)(O)OCC(N)C(=O)O. The summed E-state index contributed by atoms with van der Waals surface area (Å²) in [6.07, 6.45) is 24.8. The van der Waals surface area contributed by atoms with Gasteiger partial charge in [-0.2, -0.15) is 0 Å². The fourth-order valence-electron chi connectivity index (χ4n) is 2.82. The Hall–Kier alpha value is -2.82. The third kappa shape index (κ3) is 24.7. The van der Waals surface area contributed by atoms with Gasteiger partial charge in [0.1, 0.15) is 12.6 Å². The van der Waals surface area contributed by atoms with Gasteiger partial charge in [0.2, 0.25) is 0 Å². The molecule has 11 nitrogen and oxygen atoms in total. The maximum atomic E-state index is 12.3. The number of carboxylic acids is 1. The van der Waals surface area contributed by atoms with E-state index >= 15 is 0 Å². The number of hydrogen-bond acceptors (Lipinski definition) is 9. The minimum Gasteiger partial charge on any atom is -0.480 e. The number of rotatable bonds is 24. The topological polar surface area (TPSA) is 172 Å². The highest BCUT2D eigenvalue weighted by molar-refractivity contribution is 7.47. The molecule has 0 saturated heterocycles. The maximum Gasteiger partial charge on any atom is 0.472 e. The number of carbonyl (C=O) groups is 3. The lowest BCUT2D eigenvalue weighted by atomic mass is 10.2. The first-order chi connectivity index (χ1) is 19.6. The Bertz CT molecular complexity index is 942. The summed E-state index contributed by atoms with van der Waals surface area (Å²) >= 11 is 0. The van der Waals surface area contributed by atoms with E-state index in [1.807, 2.05) is 19.1 Å². The average Bonchev–Trinajstić information content (AvgIpc) is 2.94. The van der Waals surface area contributed by atoms with E-state index in [-0.39, 0.29) is 12.8 Å². The first-order valence-electron chi connectivity index (χ1n) is 13.8. The number of phosphoric acid groups is 1. The van der Waals surface area contributed by atoms with Crippen LogP contribution in [0.15, 0.2) is 60.8 Å². The molecule has 0 radical (unpaired) electrons. The van der Waals surface area contributed by atoms with E-state index in [0.717, 1.165) is 32.1 Å². The van der Waals surface area contributed by atoms with Crippen LogP contribution in [0.5, 0.6) is 0 Å². The Labute approximate surface area is 243 Å². The van der Waals surface area contributed by atoms with Gasteiger partial charge in [0, 0.05) is 6.42 Å². The van der Waals surface area contributed by atoms with E-state index in [2.05, 4.69) is 47.9 Å². The molecular formula is C29H46NO10P. The molecule has 3 unspecified atom stereocenters. The molecule has 0 spiro atoms. The van der Waals surface area contributed by atoms with Crippen molar-refractivity contribution in [1.82, 2.24) is 0 Å². The van der Waals surface area contributed by atoms with Crippen LogP contribution >= 0.6 is 7.82 Å². The van der Waals surface area contributed by atoms with Crippen molar-refractivity contribution in [2.75, 3.05) is 19.8 Å². The normalized spacial score (nSPS) is 15.2. The van der Waals surface area contributed by atoms with Gasteiger partial charge in [-0.1, -0.05) is 81.0 Å². The van der Waals surface area contributed by atoms with Gasteiger partial charge in [-0.25, -0.2) is 4.57 Å². The second-order valence-corrected chi connectivity index (χ2v) is 10.3. The summed E-state index contributed by atoms with van der Waals surface area (Å²) in [6, 6.07) is -1.53. The number of carboxylic acid groups (broad SMARTS) is 1. The van der Waals surface area contributed by atoms with Crippen LogP contribution in [0.4, 0.5) is 0 Å². The lowest BCUT2D eigenvalue weighted by molar-refractivity contribution is -0.160. The van der Waals surface area contributed by atoms with Gasteiger partial charge >= 0.3 is 25.7 Å². The number of phosphoric ester groups is 1. The number of hydrogen-bond donors (Lipinski definition) is 3. The monoisotopic (exact) mass is 599 g/mol. The second-order valence-electron chi connectivity index (χ2n) is 8.82. The third-order valence-corrected chi connectivity index (χ3v) is 6.01. The molecule has 0 aromatic carbocycles. The zero-order valence-electron chi connectivity index (χ0n) is 24.1. The van der Waals surface area contributed by atoms with Crippen molar-refractivity contribution in [1.29, 1.82) is 0 Å². The van der Waals surface area contributed by atoms with Crippen molar-refractivity contribution in [2.24, 2.45) is 5.73 Å². The molecule has 0 amide bonds. The van der Waals surface area contributed by atoms with Crippen LogP contribution in [-0.4, -0.2) is 59.9 Å². The van der Waals surface area contributed by atoms with E-state index in [1.165, 1.54) is 0 Å². The van der Waals surface area contributed by atoms with Crippen LogP contribution in [-0.2, 0) is 37.5 Å². The average molecular weight is 600 g/mol. The lowest BCUT2D eigenvalue weighted by Gasteiger charge is -2.20. The Kier molecular flexibility index (Phi) is 23.2. The van der Waals surface area contributed by atoms with Crippen LogP contribution in [0, 0.1) is 0 Å². The number of aliphatic carboxylic acids is 1. The van der Waals surface area contributed by atoms with Gasteiger partial charge in [0.15, 0.2) is 6.10 Å². The number of carbonyl (C=O) groups excluding carboxylic acids is 2. The zero-order valence-corrected chi connectivity index (χ0v) is 25.0. The van der Waals surface area contributed by atoms with Crippen molar-refractivity contribution in [3.63, 3.8) is 0 Å². The summed E-state index contributed by atoms with van der Waals surface area (Å²) in [7, 11) is -4.71. The summed E-state index contributed by atoms with van der Waals surface area (Å²) in [5, 5.41) is 8.75. The number of esters is 2. The van der Waals surface area contributed by atoms with Gasteiger partial charge < -0.3 is 25.2 Å². The van der Waals surface area contributed by atoms with Gasteiger partial charge in [0.25, 0.3) is 0 Å². The molecule has 0 saturated carbocycles. The Balaban J connectivity index is 4.59. The quantitative estimate of drug-likeness (QED) is 0.0745. The molecule has 232 valence electrons. The summed E-state index contributed by atoms with van der Waals surface area (Å²) in [6.45, 7) is 2.22. The first kappa shape index (κ1) is 38.2. The molecule has 4 N–H and O–H groups in total. The van der Waals surface area contributed by atoms with Gasteiger partial charge in [0.05, 0.1) is 19.6 Å². The van der Waals surface area contributed by atoms with Crippen LogP contribution in [0.1, 0.15) is 71.6 Å². The minimum absolute atomic E-state index is 0.0748. The molecular weight excluding hydrogens is 553 g/mol. The molecule has 0 aromatic rings. The van der Waals surface area contributed by atoms with Gasteiger partial charge in [-0.15, -0.1) is 0 Å². The van der Waals surface area contributed by atoms with E-state index in [1.54, 1.807) is 12.2 Å². The van der Waals surface area contributed by atoms with Crippen LogP contribution < -0.4 is 5.73 Å². The second kappa shape index (κ2) is 24.9. The molecule has 12 heteroatoms. The molecule has 0 heterocycles. The standard InChI is InChI=1S/C29H46NO10P/c1-3-5-7-8-9-10-11-12-13-14-15-16-17-18-19-21-28(32)40-25(22-37-27(31)20-6-4-2)23-38-41(35,36)39-24-26(30)29(33)34/h5,7,9-10,12-13,15-16,18-19,25-26H,3-4,6,8,11,14,17,20-24,30H2,1-2H3,(H,33,34)(H,35,36)/b7-5-,10-9-,13-12-,16-15-,19-18-. The number of allylic oxidation sites excluding steroid dienone is 9. The summed E-state index contributed by atoms with van der Waals surface area (Å²) < 4.78 is 31.7. The summed E-state index contributed by atoms with van der Waals surface area (Å²) in [4.78, 5) is 44.6. The minimum atomic E-state index is -4.71. The van der Waals surface area contributed by atoms with E-state index in [9.17, 15) is 23.8 Å². The third-order valence-electron chi connectivity index (χ3n) is 5.06. The summed E-state index contributed by atoms with van der Waals surface area (Å²) in [5.74, 6) is -2.60. The Morgan fingerprint density at radius 2 is 1.29 bits per heavy atom. The maximum absolute atomic E-state index is 12.3. The lowest BCUT2D eigenvalue weighted by Crippen LogP contribution is -2.34. The van der Waals surface area contributed by atoms with Gasteiger partial charge in [-0.05, 0) is 38.5 Å². The van der Waals surface area contributed by atoms with Crippen molar-refractivity contribution in [3.05, 3.63) is 60.8 Å². The Morgan fingerprint density at radius 3 is 1.80 bits per heavy atom. The molecule has 41 heavy (non-hydrogen) atoms. The predicted octanol–water partition coefficient (Wildman–Crippen LogP) is 5.32. The van der Waals surface area contributed by atoms with Crippen LogP contribution in [0.2, 0.25) is 0 Å². The Morgan fingerprint density at radius 1 is 0.780 bits per heavy atom. The number of ether oxygens (including phenoxy) is 2. The number of nitrogens with two attached hydrogens (primary N) is 1. The molecule has 0 aliphatic heterocycles. The van der Waals surface area contributed by atoms with E-state index in [4.69, 9.17) is 24.8 Å². The van der Waals surface area contributed by atoms with Crippen molar-refractivity contribution >= 4 is 25.7 Å². The number of unbranched alkanes of at least 4 members (excludes halogenated alkanes) is 1. The van der Waals surface area contributed by atoms with Crippen LogP contribution in [0.3, 0.4) is 0 Å². The van der Waals surface area contributed by atoms with Crippen LogP contribution in [0.25, 0.3) is 0 Å². The molecule has 3 atom stereocenters. The fourth-order valence-corrected chi connectivity index (χ4v) is 3.60. The molecule has 0 aliphatic carbocycles. The molecule has 0 aliphatic rings. The van der Waals surface area contributed by atoms with E-state index < -0.39 is 57.7 Å². The van der Waals surface area contributed by atoms with Crippen molar-refractivity contribution in [3.8, 4) is 0 Å². The zero-order chi connectivity index (χ0) is 30.8. The molecule has 0 rings (SSSR count). The highest BCUT2D eigenvalue weighted by atomic mass is 31.2. The smallest absolute Gasteiger partial charge is 0.472 e. The molecule has 0 fully saturated rings. The first-order valence-corrected chi connectivity index (χ1v) is 15.3. The highest BCUT2D eigenvalue weighted by Gasteiger charge is 2.28. The van der Waals surface area contributed by atoms with Crippen molar-refractivity contribution < 1.29 is 47.5 Å². The highest BCUT2D eigenvalue weighted by Crippen LogP contribution is 2.43. The molecule has 0 aromatic heterocycles. The fraction of sp³-hybridized carbons (Fsp3) is 0.552.